The highest BCUT2D eigenvalue weighted by molar-refractivity contribution is 6.31. The van der Waals surface area contributed by atoms with Crippen molar-refractivity contribution in [2.24, 2.45) is 5.92 Å². The molecule has 5 rings (SSSR count). The second-order valence-corrected chi connectivity index (χ2v) is 9.16. The Morgan fingerprint density at radius 3 is 2.62 bits per heavy atom. The SMILES string of the molecule is CCOc1ccc(C2C3C(NNC3c3cc(Cl)c(C)cc3O)C(=O)N2Cc2cccnc2)cc1. The number of hydrogen-bond donors (Lipinski definition) is 3. The van der Waals surface area contributed by atoms with Crippen molar-refractivity contribution >= 4 is 17.5 Å². The number of fused-ring (bicyclic) bond motifs is 1. The maximum Gasteiger partial charge on any atom is 0.242 e. The van der Waals surface area contributed by atoms with Crippen LogP contribution in [0.25, 0.3) is 0 Å². The highest BCUT2D eigenvalue weighted by Crippen LogP contribution is 2.49. The topological polar surface area (TPSA) is 86.7 Å². The monoisotopic (exact) mass is 478 g/mol. The molecule has 3 heterocycles. The molecule has 0 spiro atoms. The van der Waals surface area contributed by atoms with E-state index in [2.05, 4.69) is 15.8 Å². The van der Waals surface area contributed by atoms with Gasteiger partial charge in [0.05, 0.1) is 18.7 Å². The van der Waals surface area contributed by atoms with Crippen molar-refractivity contribution in [2.45, 2.75) is 38.5 Å². The molecule has 4 unspecified atom stereocenters. The van der Waals surface area contributed by atoms with Crippen LogP contribution < -0.4 is 15.6 Å². The molecule has 7 nitrogen and oxygen atoms in total. The van der Waals surface area contributed by atoms with Gasteiger partial charge < -0.3 is 14.7 Å². The number of amides is 1. The van der Waals surface area contributed by atoms with Gasteiger partial charge in [-0.25, -0.2) is 10.9 Å². The third-order valence-electron chi connectivity index (χ3n) is 6.66. The number of benzene rings is 2. The summed E-state index contributed by atoms with van der Waals surface area (Å²) in [5.41, 5.74) is 9.87. The first kappa shape index (κ1) is 22.7. The minimum Gasteiger partial charge on any atom is -0.508 e. The Hall–Kier alpha value is -3.13. The van der Waals surface area contributed by atoms with E-state index in [0.29, 0.717) is 23.7 Å². The molecule has 34 heavy (non-hydrogen) atoms. The number of carbonyl (C=O) groups excluding carboxylic acids is 1. The summed E-state index contributed by atoms with van der Waals surface area (Å²) in [5, 5.41) is 11.3. The molecule has 3 N–H and O–H groups in total. The van der Waals surface area contributed by atoms with Gasteiger partial charge in [-0.1, -0.05) is 29.8 Å². The molecule has 0 radical (unpaired) electrons. The quantitative estimate of drug-likeness (QED) is 0.495. The van der Waals surface area contributed by atoms with Crippen LogP contribution in [-0.2, 0) is 11.3 Å². The number of phenols is 1. The number of hydrazine groups is 1. The van der Waals surface area contributed by atoms with Crippen LogP contribution in [0.15, 0.2) is 60.9 Å². The standard InChI is InChI=1S/C26H27ClN4O3/c1-3-34-18-8-6-17(7-9-18)25-22-23(19-12-20(27)15(2)11-21(19)32)29-30-24(22)26(33)31(25)14-16-5-4-10-28-13-16/h4-13,22-25,29-30,32H,3,14H2,1-2H3. The van der Waals surface area contributed by atoms with Gasteiger partial charge in [-0.2, -0.15) is 0 Å². The van der Waals surface area contributed by atoms with Gasteiger partial charge in [0.2, 0.25) is 5.91 Å². The van der Waals surface area contributed by atoms with Gasteiger partial charge >= 0.3 is 0 Å². The second kappa shape index (κ2) is 9.25. The number of phenolic OH excluding ortho intramolecular Hbond substituents is 1. The first-order valence-electron chi connectivity index (χ1n) is 11.4. The zero-order chi connectivity index (χ0) is 23.8. The van der Waals surface area contributed by atoms with Crippen LogP contribution in [0.2, 0.25) is 5.02 Å². The lowest BCUT2D eigenvalue weighted by Gasteiger charge is -2.31. The van der Waals surface area contributed by atoms with Crippen molar-refractivity contribution in [2.75, 3.05) is 6.61 Å². The van der Waals surface area contributed by atoms with E-state index >= 15 is 0 Å². The third kappa shape index (κ3) is 4.00. The first-order chi connectivity index (χ1) is 16.5. The molecule has 2 saturated heterocycles. The lowest BCUT2D eigenvalue weighted by Crippen LogP contribution is -2.41. The molecule has 8 heteroatoms. The van der Waals surface area contributed by atoms with Crippen molar-refractivity contribution in [3.63, 3.8) is 0 Å². The van der Waals surface area contributed by atoms with Gasteiger partial charge in [0, 0.05) is 35.4 Å². The Kier molecular flexibility index (Phi) is 6.16. The number of nitrogens with zero attached hydrogens (tertiary/aromatic N) is 2. The van der Waals surface area contributed by atoms with E-state index in [1.165, 1.54) is 0 Å². The largest absolute Gasteiger partial charge is 0.508 e. The molecular formula is C26H27ClN4O3. The molecule has 2 aliphatic heterocycles. The van der Waals surface area contributed by atoms with Crippen LogP contribution in [0.1, 0.15) is 41.3 Å². The second-order valence-electron chi connectivity index (χ2n) is 8.76. The van der Waals surface area contributed by atoms with E-state index in [-0.39, 0.29) is 29.7 Å². The number of aromatic hydroxyl groups is 1. The molecule has 0 bridgehead atoms. The molecule has 2 aromatic carbocycles. The van der Waals surface area contributed by atoms with Crippen LogP contribution in [0.3, 0.4) is 0 Å². The summed E-state index contributed by atoms with van der Waals surface area (Å²) in [4.78, 5) is 19.7. The summed E-state index contributed by atoms with van der Waals surface area (Å²) in [6.07, 6.45) is 3.50. The number of ether oxygens (including phenoxy) is 1. The summed E-state index contributed by atoms with van der Waals surface area (Å²) in [7, 11) is 0. The van der Waals surface area contributed by atoms with Crippen LogP contribution in [0.5, 0.6) is 11.5 Å². The summed E-state index contributed by atoms with van der Waals surface area (Å²) < 4.78 is 5.62. The smallest absolute Gasteiger partial charge is 0.242 e. The van der Waals surface area contributed by atoms with E-state index in [0.717, 1.165) is 22.4 Å². The normalized spacial score (nSPS) is 23.9. The van der Waals surface area contributed by atoms with Gasteiger partial charge in [-0.3, -0.25) is 9.78 Å². The van der Waals surface area contributed by atoms with Crippen molar-refractivity contribution in [1.29, 1.82) is 0 Å². The molecule has 4 atom stereocenters. The average Bonchev–Trinajstić information content (AvgIpc) is 3.37. The number of nitrogens with one attached hydrogen (secondary N) is 2. The van der Waals surface area contributed by atoms with E-state index in [9.17, 15) is 9.90 Å². The fraction of sp³-hybridized carbons (Fsp3) is 0.308. The maximum atomic E-state index is 13.6. The van der Waals surface area contributed by atoms with Crippen LogP contribution in [0.4, 0.5) is 0 Å². The fourth-order valence-electron chi connectivity index (χ4n) is 5.09. The van der Waals surface area contributed by atoms with Gasteiger partial charge in [0.25, 0.3) is 0 Å². The zero-order valence-electron chi connectivity index (χ0n) is 19.0. The Morgan fingerprint density at radius 2 is 1.91 bits per heavy atom. The lowest BCUT2D eigenvalue weighted by molar-refractivity contribution is -0.131. The average molecular weight is 479 g/mol. The number of carbonyl (C=O) groups is 1. The molecule has 0 saturated carbocycles. The zero-order valence-corrected chi connectivity index (χ0v) is 19.8. The minimum absolute atomic E-state index is 0.000404. The van der Waals surface area contributed by atoms with Gasteiger partial charge in [-0.15, -0.1) is 0 Å². The first-order valence-corrected chi connectivity index (χ1v) is 11.8. The van der Waals surface area contributed by atoms with Crippen LogP contribution in [-0.4, -0.2) is 33.5 Å². The highest BCUT2D eigenvalue weighted by atomic mass is 35.5. The number of aryl methyl sites for hydroxylation is 1. The summed E-state index contributed by atoms with van der Waals surface area (Å²) in [6.45, 7) is 4.82. The predicted molar refractivity (Wildman–Crippen MR) is 129 cm³/mol. The van der Waals surface area contributed by atoms with Crippen molar-refractivity contribution < 1.29 is 14.6 Å². The molecule has 2 aliphatic rings. The fourth-order valence-corrected chi connectivity index (χ4v) is 5.26. The highest BCUT2D eigenvalue weighted by Gasteiger charge is 2.55. The minimum atomic E-state index is -0.447. The Bertz CT molecular complexity index is 1190. The molecule has 176 valence electrons. The van der Waals surface area contributed by atoms with Crippen LogP contribution >= 0.6 is 11.6 Å². The van der Waals surface area contributed by atoms with E-state index in [1.54, 1.807) is 24.5 Å². The predicted octanol–water partition coefficient (Wildman–Crippen LogP) is 4.07. The Balaban J connectivity index is 1.57. The van der Waals surface area contributed by atoms with Crippen molar-refractivity contribution in [1.82, 2.24) is 20.7 Å². The number of aromatic nitrogens is 1. The summed E-state index contributed by atoms with van der Waals surface area (Å²) in [5.74, 6) is 0.769. The molecule has 0 aliphatic carbocycles. The van der Waals surface area contributed by atoms with E-state index in [1.807, 2.05) is 55.1 Å². The van der Waals surface area contributed by atoms with Crippen molar-refractivity contribution in [3.8, 4) is 11.5 Å². The van der Waals surface area contributed by atoms with Gasteiger partial charge in [-0.05, 0) is 60.9 Å². The number of hydrogen-bond acceptors (Lipinski definition) is 6. The summed E-state index contributed by atoms with van der Waals surface area (Å²) in [6, 6.07) is 14.2. The van der Waals surface area contributed by atoms with E-state index in [4.69, 9.17) is 16.3 Å². The third-order valence-corrected chi connectivity index (χ3v) is 7.07. The number of rotatable bonds is 6. The maximum absolute atomic E-state index is 13.6. The molecule has 2 fully saturated rings. The van der Waals surface area contributed by atoms with Gasteiger partial charge in [0.15, 0.2) is 0 Å². The number of likely N-dealkylation sites (tertiary alicyclic amines) is 1. The molecular weight excluding hydrogens is 452 g/mol. The number of pyridine rings is 1. The van der Waals surface area contributed by atoms with E-state index < -0.39 is 6.04 Å². The summed E-state index contributed by atoms with van der Waals surface area (Å²) >= 11 is 6.41. The van der Waals surface area contributed by atoms with Crippen molar-refractivity contribution in [3.05, 3.63) is 88.2 Å². The molecule has 3 aromatic rings. The van der Waals surface area contributed by atoms with Crippen LogP contribution in [0, 0.1) is 12.8 Å². The molecule has 1 aromatic heterocycles. The number of halogens is 1. The Labute approximate surface area is 203 Å². The van der Waals surface area contributed by atoms with Gasteiger partial charge in [0.1, 0.15) is 17.5 Å². The lowest BCUT2D eigenvalue weighted by atomic mass is 9.83. The Morgan fingerprint density at radius 1 is 1.15 bits per heavy atom. The molecule has 1 amide bonds.